The average molecular weight is 187 g/mol. The Labute approximate surface area is 71.8 Å². The van der Waals surface area contributed by atoms with E-state index in [9.17, 15) is 9.59 Å². The summed E-state index contributed by atoms with van der Waals surface area (Å²) in [5, 5.41) is 7.58. The summed E-state index contributed by atoms with van der Waals surface area (Å²) in [4.78, 5) is 21.9. The molecule has 2 aliphatic heterocycles. The molecule has 0 aliphatic carbocycles. The lowest BCUT2D eigenvalue weighted by molar-refractivity contribution is -0.120. The predicted octanol–water partition coefficient (Wildman–Crippen LogP) is -2.10. The summed E-state index contributed by atoms with van der Waals surface area (Å²) in [7, 11) is 0. The first-order valence-corrected chi connectivity index (χ1v) is 4.22. The normalized spacial score (nSPS) is 33.6. The van der Waals surface area contributed by atoms with Crippen LogP contribution in [0.15, 0.2) is 0 Å². The Morgan fingerprint density at radius 2 is 2.08 bits per heavy atom. The van der Waals surface area contributed by atoms with Gasteiger partial charge in [-0.15, -0.1) is 11.4 Å². The SMILES string of the molecule is NC1=[S]C2C(=O)NC(=O)NC2N1. The smallest absolute Gasteiger partial charge is 0.320 e. The van der Waals surface area contributed by atoms with Gasteiger partial charge in [0.05, 0.1) is 0 Å². The van der Waals surface area contributed by atoms with E-state index in [2.05, 4.69) is 16.0 Å². The maximum absolute atomic E-state index is 11.1. The van der Waals surface area contributed by atoms with Crippen LogP contribution in [0.25, 0.3) is 0 Å². The van der Waals surface area contributed by atoms with Crippen molar-refractivity contribution in [3.8, 4) is 0 Å². The zero-order chi connectivity index (χ0) is 8.72. The molecule has 12 heavy (non-hydrogen) atoms. The van der Waals surface area contributed by atoms with Crippen LogP contribution < -0.4 is 21.7 Å². The molecule has 1 radical (unpaired) electrons. The Morgan fingerprint density at radius 1 is 1.33 bits per heavy atom. The van der Waals surface area contributed by atoms with Crippen molar-refractivity contribution in [2.75, 3.05) is 0 Å². The summed E-state index contributed by atoms with van der Waals surface area (Å²) in [6.45, 7) is 0. The molecule has 65 valence electrons. The van der Waals surface area contributed by atoms with Gasteiger partial charge in [0.2, 0.25) is 5.91 Å². The first-order valence-electron chi connectivity index (χ1n) is 3.34. The highest BCUT2D eigenvalue weighted by Crippen LogP contribution is 2.14. The van der Waals surface area contributed by atoms with Crippen LogP contribution in [0.2, 0.25) is 0 Å². The van der Waals surface area contributed by atoms with Gasteiger partial charge in [-0.1, -0.05) is 0 Å². The van der Waals surface area contributed by atoms with Crippen LogP contribution in [-0.4, -0.2) is 28.5 Å². The highest BCUT2D eigenvalue weighted by Gasteiger charge is 2.38. The number of hydrogen-bond acceptors (Lipinski definition) is 4. The van der Waals surface area contributed by atoms with Crippen molar-refractivity contribution in [2.24, 2.45) is 5.73 Å². The minimum atomic E-state index is -0.482. The van der Waals surface area contributed by atoms with E-state index in [1.54, 1.807) is 0 Å². The highest BCUT2D eigenvalue weighted by molar-refractivity contribution is 8.00. The van der Waals surface area contributed by atoms with Gasteiger partial charge in [-0.2, -0.15) is 0 Å². The van der Waals surface area contributed by atoms with Crippen molar-refractivity contribution in [2.45, 2.75) is 11.4 Å². The van der Waals surface area contributed by atoms with Crippen molar-refractivity contribution >= 4 is 28.4 Å². The van der Waals surface area contributed by atoms with E-state index in [0.29, 0.717) is 5.11 Å². The van der Waals surface area contributed by atoms with Crippen LogP contribution in [0.5, 0.6) is 0 Å². The van der Waals surface area contributed by atoms with Crippen molar-refractivity contribution in [1.29, 1.82) is 0 Å². The van der Waals surface area contributed by atoms with Crippen molar-refractivity contribution in [1.82, 2.24) is 16.0 Å². The molecule has 0 aromatic rings. The molecule has 2 heterocycles. The van der Waals surface area contributed by atoms with Gasteiger partial charge >= 0.3 is 6.03 Å². The number of carbonyl (C=O) groups excluding carboxylic acids is 2. The Bertz CT molecular complexity index is 289. The molecule has 0 saturated carbocycles. The monoisotopic (exact) mass is 187 g/mol. The van der Waals surface area contributed by atoms with E-state index in [4.69, 9.17) is 5.73 Å². The van der Waals surface area contributed by atoms with Gasteiger partial charge in [-0.25, -0.2) is 10.1 Å². The molecule has 3 amide bonds. The molecule has 7 heteroatoms. The summed E-state index contributed by atoms with van der Waals surface area (Å²) < 4.78 is 0. The maximum atomic E-state index is 11.1. The first kappa shape index (κ1) is 7.59. The fourth-order valence-electron chi connectivity index (χ4n) is 1.14. The summed E-state index contributed by atoms with van der Waals surface area (Å²) in [5.41, 5.74) is 5.44. The summed E-state index contributed by atoms with van der Waals surface area (Å²) in [6.07, 6.45) is -0.365. The number of hydrogen-bond donors (Lipinski definition) is 4. The third-order valence-electron chi connectivity index (χ3n) is 1.64. The van der Waals surface area contributed by atoms with E-state index in [0.717, 1.165) is 0 Å². The molecule has 2 rings (SSSR count). The number of imide groups is 1. The van der Waals surface area contributed by atoms with Crippen molar-refractivity contribution in [3.05, 3.63) is 0 Å². The summed E-state index contributed by atoms with van der Waals surface area (Å²) in [6, 6.07) is -0.482. The highest BCUT2D eigenvalue weighted by atomic mass is 32.1. The van der Waals surface area contributed by atoms with Gasteiger partial charge in [0.25, 0.3) is 0 Å². The predicted molar refractivity (Wildman–Crippen MR) is 44.2 cm³/mol. The Kier molecular flexibility index (Phi) is 1.56. The van der Waals surface area contributed by atoms with E-state index in [1.165, 1.54) is 11.4 Å². The number of carbonyl (C=O) groups is 2. The fourth-order valence-corrected chi connectivity index (χ4v) is 2.05. The zero-order valence-corrected chi connectivity index (χ0v) is 6.77. The van der Waals surface area contributed by atoms with Gasteiger partial charge in [0, 0.05) is 0 Å². The molecule has 2 unspecified atom stereocenters. The number of rotatable bonds is 0. The Morgan fingerprint density at radius 3 is 2.83 bits per heavy atom. The molecule has 1 fully saturated rings. The topological polar surface area (TPSA) is 96.2 Å². The fraction of sp³-hybridized carbons (Fsp3) is 0.400. The molecule has 5 N–H and O–H groups in total. The molecular weight excluding hydrogens is 180 g/mol. The standard InChI is InChI=1S/C5H7N4O2S/c6-4-7-2-1(12-4)3(10)9-5(11)8-2/h1-2,7H,6H2,(H2,8,9,10,11). The lowest BCUT2D eigenvalue weighted by Crippen LogP contribution is -2.62. The van der Waals surface area contributed by atoms with Crippen LogP contribution >= 0.6 is 11.4 Å². The van der Waals surface area contributed by atoms with Crippen LogP contribution in [0.4, 0.5) is 4.79 Å². The Hall–Kier alpha value is -1.05. The van der Waals surface area contributed by atoms with Crippen LogP contribution in [0.3, 0.4) is 0 Å². The second-order valence-electron chi connectivity index (χ2n) is 2.49. The molecule has 2 atom stereocenters. The molecular formula is C5H7N4O2S. The third kappa shape index (κ3) is 1.07. The zero-order valence-electron chi connectivity index (χ0n) is 5.96. The summed E-state index contributed by atoms with van der Waals surface area (Å²) >= 11 is 1.22. The minimum absolute atomic E-state index is 0.304. The third-order valence-corrected chi connectivity index (χ3v) is 2.75. The number of urea groups is 1. The maximum Gasteiger partial charge on any atom is 0.322 e. The number of nitrogens with one attached hydrogen (secondary N) is 3. The summed E-state index contributed by atoms with van der Waals surface area (Å²) in [5.74, 6) is -0.304. The van der Waals surface area contributed by atoms with Crippen LogP contribution in [0, 0.1) is 0 Å². The molecule has 0 aromatic heterocycles. The first-order chi connectivity index (χ1) is 5.66. The lowest BCUT2D eigenvalue weighted by atomic mass is 10.2. The number of amides is 3. The van der Waals surface area contributed by atoms with Crippen molar-refractivity contribution < 1.29 is 9.59 Å². The van der Waals surface area contributed by atoms with Crippen molar-refractivity contribution in [3.63, 3.8) is 0 Å². The number of fused-ring (bicyclic) bond motifs is 1. The molecule has 2 aliphatic rings. The van der Waals surface area contributed by atoms with Crippen LogP contribution in [0.1, 0.15) is 0 Å². The van der Waals surface area contributed by atoms with Gasteiger partial charge < -0.3 is 5.32 Å². The van der Waals surface area contributed by atoms with E-state index < -0.39 is 6.03 Å². The van der Waals surface area contributed by atoms with Gasteiger partial charge in [-0.05, 0) is 0 Å². The minimum Gasteiger partial charge on any atom is -0.320 e. The molecule has 1 saturated heterocycles. The molecule has 0 spiro atoms. The molecule has 6 nitrogen and oxygen atoms in total. The van der Waals surface area contributed by atoms with Gasteiger partial charge in [0.15, 0.2) is 0 Å². The molecule has 0 aromatic carbocycles. The van der Waals surface area contributed by atoms with Crippen LogP contribution in [-0.2, 0) is 4.79 Å². The van der Waals surface area contributed by atoms with Gasteiger partial charge in [-0.3, -0.25) is 15.8 Å². The molecule has 0 bridgehead atoms. The second-order valence-corrected chi connectivity index (χ2v) is 3.67. The van der Waals surface area contributed by atoms with Gasteiger partial charge in [0.1, 0.15) is 16.5 Å². The second kappa shape index (κ2) is 2.47. The quantitative estimate of drug-likeness (QED) is 0.327. The largest absolute Gasteiger partial charge is 0.322 e. The van der Waals surface area contributed by atoms with E-state index >= 15 is 0 Å². The average Bonchev–Trinajstić information content (AvgIpc) is 2.29. The van der Waals surface area contributed by atoms with E-state index in [-0.39, 0.29) is 17.3 Å². The Balaban J connectivity index is 2.22. The number of nitrogens with two attached hydrogens (primary N) is 1. The van der Waals surface area contributed by atoms with E-state index in [1.807, 2.05) is 0 Å². The lowest BCUT2D eigenvalue weighted by Gasteiger charge is -2.24.